The van der Waals surface area contributed by atoms with Crippen molar-refractivity contribution in [2.75, 3.05) is 0 Å². The van der Waals surface area contributed by atoms with Gasteiger partial charge in [-0.05, 0) is 121 Å². The van der Waals surface area contributed by atoms with Gasteiger partial charge >= 0.3 is 0 Å². The van der Waals surface area contributed by atoms with Gasteiger partial charge in [0.2, 0.25) is 0 Å². The zero-order chi connectivity index (χ0) is 37.0. The van der Waals surface area contributed by atoms with Gasteiger partial charge in [0, 0.05) is 11.8 Å². The van der Waals surface area contributed by atoms with Crippen molar-refractivity contribution < 1.29 is 14.0 Å². The van der Waals surface area contributed by atoms with E-state index in [2.05, 4.69) is 144 Å². The van der Waals surface area contributed by atoms with Crippen molar-refractivity contribution in [1.82, 2.24) is 0 Å². The molecule has 0 aromatic heterocycles. The number of aldehydes is 1. The standard InChI is InChI=1S/C49H60O3Si/c1-7-48(52-53(39-22-14-9-15-23-39,40-24-16-10-17-25-40)41-26-18-11-19-27-41)31-29-42-45-35(3)36(4)46-37(5)44(51-38-20-12-8-13-21-38)32-34(2)49(46,33-50)43(45)28-30-47(42,48)6/h7,9-11,14-20,22-27,33-36,42-45H,1,8,12-13,21,28-32H2,2-6H3/t34?,35?,36?,42-,43+,44?,45-,47-,48?,49+/m0/s1. The van der Waals surface area contributed by atoms with E-state index in [4.69, 9.17) is 9.16 Å². The van der Waals surface area contributed by atoms with Crippen LogP contribution in [-0.4, -0.2) is 26.3 Å². The summed E-state index contributed by atoms with van der Waals surface area (Å²) >= 11 is 0. The van der Waals surface area contributed by atoms with Crippen LogP contribution in [0.15, 0.2) is 127 Å². The van der Waals surface area contributed by atoms with Gasteiger partial charge in [-0.1, -0.05) is 130 Å². The Bertz CT molecular complexity index is 1770. The molecule has 0 bridgehead atoms. The molecule has 8 rings (SSSR count). The molecule has 0 N–H and O–H groups in total. The third-order valence-corrected chi connectivity index (χ3v) is 19.8. The topological polar surface area (TPSA) is 35.5 Å². The molecule has 278 valence electrons. The predicted molar refractivity (Wildman–Crippen MR) is 220 cm³/mol. The molecule has 10 atom stereocenters. The first-order valence-electron chi connectivity index (χ1n) is 20.7. The van der Waals surface area contributed by atoms with E-state index < -0.39 is 19.3 Å². The van der Waals surface area contributed by atoms with Crippen molar-refractivity contribution in [3.8, 4) is 0 Å². The number of benzene rings is 3. The number of hydrogen-bond donors (Lipinski definition) is 0. The first-order valence-corrected chi connectivity index (χ1v) is 22.6. The fourth-order valence-corrected chi connectivity index (χ4v) is 17.2. The Morgan fingerprint density at radius 3 is 1.92 bits per heavy atom. The zero-order valence-corrected chi connectivity index (χ0v) is 33.7. The maximum Gasteiger partial charge on any atom is 0.289 e. The van der Waals surface area contributed by atoms with E-state index in [1.807, 2.05) is 0 Å². The molecule has 0 saturated heterocycles. The third kappa shape index (κ3) is 5.40. The van der Waals surface area contributed by atoms with Gasteiger partial charge in [0.25, 0.3) is 8.32 Å². The van der Waals surface area contributed by atoms with E-state index in [0.717, 1.165) is 44.9 Å². The van der Waals surface area contributed by atoms with Crippen LogP contribution in [0.2, 0.25) is 0 Å². The summed E-state index contributed by atoms with van der Waals surface area (Å²) in [6.07, 6.45) is 15.7. The number of rotatable bonds is 9. The highest BCUT2D eigenvalue weighted by atomic mass is 28.4. The Kier molecular flexibility index (Phi) is 9.63. The predicted octanol–water partition coefficient (Wildman–Crippen LogP) is 9.71. The molecular weight excluding hydrogens is 665 g/mol. The van der Waals surface area contributed by atoms with Crippen LogP contribution in [0.1, 0.15) is 92.4 Å². The number of hydrogen-bond acceptors (Lipinski definition) is 3. The molecule has 0 aliphatic heterocycles. The minimum absolute atomic E-state index is 0.0674. The molecule has 0 amide bonds. The van der Waals surface area contributed by atoms with E-state index in [1.54, 1.807) is 0 Å². The third-order valence-electron chi connectivity index (χ3n) is 15.7. The largest absolute Gasteiger partial charge is 0.491 e. The van der Waals surface area contributed by atoms with Crippen molar-refractivity contribution in [3.63, 3.8) is 0 Å². The molecule has 5 unspecified atom stereocenters. The molecule has 4 heteroatoms. The summed E-state index contributed by atoms with van der Waals surface area (Å²) in [6.45, 7) is 16.8. The van der Waals surface area contributed by atoms with E-state index in [-0.39, 0.29) is 17.4 Å². The molecule has 5 aliphatic rings. The maximum absolute atomic E-state index is 14.0. The van der Waals surface area contributed by atoms with Crippen LogP contribution in [0.5, 0.6) is 0 Å². The number of fused-ring (bicyclic) bond motifs is 5. The van der Waals surface area contributed by atoms with Crippen molar-refractivity contribution in [2.45, 2.75) is 104 Å². The van der Waals surface area contributed by atoms with Gasteiger partial charge < -0.3 is 14.0 Å². The Hall–Kier alpha value is -3.47. The van der Waals surface area contributed by atoms with Crippen LogP contribution in [0.25, 0.3) is 0 Å². The lowest BCUT2D eigenvalue weighted by molar-refractivity contribution is -0.150. The minimum atomic E-state index is -3.03. The number of carbonyl (C=O) groups excluding carboxylic acids is 1. The Labute approximate surface area is 320 Å². The lowest BCUT2D eigenvalue weighted by Crippen LogP contribution is -2.73. The quantitative estimate of drug-likeness (QED) is 0.0955. The van der Waals surface area contributed by atoms with Crippen LogP contribution in [-0.2, 0) is 14.0 Å². The highest BCUT2D eigenvalue weighted by Crippen LogP contribution is 2.71. The second-order valence-electron chi connectivity index (χ2n) is 17.7. The second-order valence-corrected chi connectivity index (χ2v) is 21.0. The van der Waals surface area contributed by atoms with Gasteiger partial charge in [0.05, 0.1) is 16.8 Å². The summed E-state index contributed by atoms with van der Waals surface area (Å²) in [5.41, 5.74) is 1.66. The lowest BCUT2D eigenvalue weighted by Gasteiger charge is -2.64. The SMILES string of the molecule is C=CC1(O[Si](c2ccccc2)(c2ccccc2)c2ccccc2)CC[C@H]2[C@@H]3C(C)C(C)C4=C(C)C(OC5=CCCCC5)CC(C)[C@]4(C=O)[C@@H]3CC[C@@]21C. The van der Waals surface area contributed by atoms with Crippen LogP contribution in [0.3, 0.4) is 0 Å². The van der Waals surface area contributed by atoms with Crippen molar-refractivity contribution in [1.29, 1.82) is 0 Å². The van der Waals surface area contributed by atoms with E-state index >= 15 is 0 Å². The highest BCUT2D eigenvalue weighted by Gasteiger charge is 2.69. The van der Waals surface area contributed by atoms with Crippen molar-refractivity contribution in [2.24, 2.45) is 46.3 Å². The maximum atomic E-state index is 14.0. The molecule has 0 heterocycles. The van der Waals surface area contributed by atoms with Crippen molar-refractivity contribution >= 4 is 30.2 Å². The average molecular weight is 725 g/mol. The van der Waals surface area contributed by atoms with Gasteiger partial charge in [0.1, 0.15) is 12.4 Å². The Balaban J connectivity index is 1.22. The lowest BCUT2D eigenvalue weighted by atomic mass is 9.40. The average Bonchev–Trinajstić information content (AvgIpc) is 3.50. The molecule has 0 radical (unpaired) electrons. The summed E-state index contributed by atoms with van der Waals surface area (Å²) in [6, 6.07) is 33.1. The van der Waals surface area contributed by atoms with E-state index in [1.165, 1.54) is 51.6 Å². The summed E-state index contributed by atoms with van der Waals surface area (Å²) in [4.78, 5) is 14.0. The smallest absolute Gasteiger partial charge is 0.289 e. The van der Waals surface area contributed by atoms with Crippen LogP contribution in [0.4, 0.5) is 0 Å². The first kappa shape index (κ1) is 36.5. The molecule has 3 fully saturated rings. The van der Waals surface area contributed by atoms with E-state index in [9.17, 15) is 4.79 Å². The fourth-order valence-electron chi connectivity index (χ4n) is 12.9. The Morgan fingerprint density at radius 2 is 1.40 bits per heavy atom. The zero-order valence-electron chi connectivity index (χ0n) is 32.7. The molecule has 53 heavy (non-hydrogen) atoms. The molecule has 3 aromatic rings. The molecule has 3 nitrogen and oxygen atoms in total. The number of allylic oxidation sites excluding steroid dienone is 3. The molecule has 3 saturated carbocycles. The van der Waals surface area contributed by atoms with Gasteiger partial charge in [-0.2, -0.15) is 0 Å². The highest BCUT2D eigenvalue weighted by molar-refractivity contribution is 7.07. The normalized spacial score (nSPS) is 36.8. The number of carbonyl (C=O) groups is 1. The van der Waals surface area contributed by atoms with Crippen molar-refractivity contribution in [3.05, 3.63) is 127 Å². The molecule has 3 aromatic carbocycles. The van der Waals surface area contributed by atoms with Gasteiger partial charge in [-0.3, -0.25) is 0 Å². The first-order chi connectivity index (χ1) is 25.7. The van der Waals surface area contributed by atoms with Crippen LogP contribution in [0, 0.1) is 46.3 Å². The van der Waals surface area contributed by atoms with Gasteiger partial charge in [0.15, 0.2) is 0 Å². The second kappa shape index (κ2) is 14.0. The monoisotopic (exact) mass is 724 g/mol. The van der Waals surface area contributed by atoms with Crippen LogP contribution < -0.4 is 15.6 Å². The summed E-state index contributed by atoms with van der Waals surface area (Å²) < 4.78 is 15.0. The molecule has 5 aliphatic carbocycles. The summed E-state index contributed by atoms with van der Waals surface area (Å²) in [5, 5.41) is 3.79. The molecule has 0 spiro atoms. The Morgan fingerprint density at radius 1 is 0.811 bits per heavy atom. The van der Waals surface area contributed by atoms with Gasteiger partial charge in [-0.15, -0.1) is 6.58 Å². The minimum Gasteiger partial charge on any atom is -0.491 e. The molecular formula is C49H60O3Si. The van der Waals surface area contributed by atoms with Crippen LogP contribution >= 0.6 is 0 Å². The van der Waals surface area contributed by atoms with Gasteiger partial charge in [-0.25, -0.2) is 0 Å². The van der Waals surface area contributed by atoms with E-state index in [0.29, 0.717) is 29.6 Å². The summed E-state index contributed by atoms with van der Waals surface area (Å²) in [7, 11) is -3.03. The summed E-state index contributed by atoms with van der Waals surface area (Å²) in [5.74, 6) is 3.33. The fraction of sp³-hybridized carbons (Fsp3) is 0.490. The number of ether oxygens (including phenoxy) is 1.